The molecular formula is C48H53N3O6S. The molecule has 0 radical (unpaired) electrons. The highest BCUT2D eigenvalue weighted by atomic mass is 32.2. The van der Waals surface area contributed by atoms with Gasteiger partial charge in [0.15, 0.2) is 0 Å². The smallest absolute Gasteiger partial charge is 0.410 e. The fourth-order valence-corrected chi connectivity index (χ4v) is 7.51. The van der Waals surface area contributed by atoms with Gasteiger partial charge in [0.25, 0.3) is 0 Å². The summed E-state index contributed by atoms with van der Waals surface area (Å²) in [5, 5.41) is 0. The normalized spacial score (nSPS) is 13.2. The minimum atomic E-state index is -0.526. The van der Waals surface area contributed by atoms with E-state index in [9.17, 15) is 14.4 Å². The maximum absolute atomic E-state index is 14.4. The van der Waals surface area contributed by atoms with Crippen LogP contribution in [0.25, 0.3) is 0 Å². The van der Waals surface area contributed by atoms with Crippen LogP contribution in [-0.2, 0) is 34.0 Å². The molecule has 9 nitrogen and oxygen atoms in total. The number of ether oxygens (including phenoxy) is 3. The highest BCUT2D eigenvalue weighted by molar-refractivity contribution is 7.97. The van der Waals surface area contributed by atoms with Crippen LogP contribution in [0.3, 0.4) is 0 Å². The average molecular weight is 800 g/mol. The second-order valence-electron chi connectivity index (χ2n) is 15.7. The Hall–Kier alpha value is -5.58. The summed E-state index contributed by atoms with van der Waals surface area (Å²) < 4.78 is 19.6. The van der Waals surface area contributed by atoms with E-state index in [1.165, 1.54) is 23.1 Å². The molecule has 0 N–H and O–H groups in total. The molecule has 0 aliphatic carbocycles. The number of hydrogen-bond donors (Lipinski definition) is 0. The third kappa shape index (κ3) is 12.2. The van der Waals surface area contributed by atoms with Crippen LogP contribution >= 0.6 is 11.9 Å². The van der Waals surface area contributed by atoms with Crippen LogP contribution in [0.2, 0.25) is 0 Å². The predicted molar refractivity (Wildman–Crippen MR) is 230 cm³/mol. The van der Waals surface area contributed by atoms with Crippen molar-refractivity contribution in [1.29, 1.82) is 0 Å². The summed E-state index contributed by atoms with van der Waals surface area (Å²) in [5.74, 6) is 0.0105. The van der Waals surface area contributed by atoms with Gasteiger partial charge in [-0.05, 0) is 112 Å². The molecule has 1 aliphatic rings. The minimum absolute atomic E-state index is 0.117. The van der Waals surface area contributed by atoms with Gasteiger partial charge in [-0.1, -0.05) is 103 Å². The fourth-order valence-electron chi connectivity index (χ4n) is 6.71. The van der Waals surface area contributed by atoms with Crippen molar-refractivity contribution in [2.45, 2.75) is 76.7 Å². The topological polar surface area (TPSA) is 88.6 Å². The van der Waals surface area contributed by atoms with Crippen molar-refractivity contribution in [3.63, 3.8) is 0 Å². The lowest BCUT2D eigenvalue weighted by atomic mass is 9.89. The Bertz CT molecular complexity index is 2110. The first-order chi connectivity index (χ1) is 27.9. The standard InChI is InChI=1S/C48H53N3O6S/c1-35-16-23-42(24-17-35)58-49(5)32-45(52)51(31-36-18-20-39(21-19-36)40-26-28-50(29-27-40)47(54)57-48(2,3)4)41-22-25-43(46(53)56-34-38-14-10-7-11-15-38)44(30-41)55-33-37-12-8-6-9-13-37/h6-25,30,40H,26-29,31-34H2,1-5H3. The Balaban J connectivity index is 1.23. The molecule has 0 aromatic heterocycles. The summed E-state index contributed by atoms with van der Waals surface area (Å²) in [5.41, 5.74) is 5.49. The van der Waals surface area contributed by atoms with Gasteiger partial charge in [-0.25, -0.2) is 13.9 Å². The van der Waals surface area contributed by atoms with Crippen LogP contribution in [0.1, 0.15) is 77.7 Å². The molecule has 1 heterocycles. The minimum Gasteiger partial charge on any atom is -0.488 e. The Kier molecular flexibility index (Phi) is 14.3. The lowest BCUT2D eigenvalue weighted by Gasteiger charge is -2.33. The number of likely N-dealkylation sites (N-methyl/N-ethyl adjacent to an activating group) is 1. The van der Waals surface area contributed by atoms with Gasteiger partial charge in [0.05, 0.1) is 13.1 Å². The number of rotatable bonds is 14. The van der Waals surface area contributed by atoms with Crippen molar-refractivity contribution >= 4 is 35.6 Å². The maximum Gasteiger partial charge on any atom is 0.410 e. The van der Waals surface area contributed by atoms with E-state index in [0.717, 1.165) is 34.4 Å². The summed E-state index contributed by atoms with van der Waals surface area (Å²) >= 11 is 1.51. The summed E-state index contributed by atoms with van der Waals surface area (Å²) in [6.45, 7) is 9.76. The van der Waals surface area contributed by atoms with Crippen LogP contribution in [0.5, 0.6) is 5.75 Å². The Labute approximate surface area is 347 Å². The lowest BCUT2D eigenvalue weighted by Crippen LogP contribution is -2.41. The van der Waals surface area contributed by atoms with Crippen molar-refractivity contribution in [2.75, 3.05) is 31.6 Å². The number of esters is 1. The van der Waals surface area contributed by atoms with Gasteiger partial charge in [-0.15, -0.1) is 0 Å². The number of piperidine rings is 1. The van der Waals surface area contributed by atoms with Crippen LogP contribution in [0, 0.1) is 6.92 Å². The van der Waals surface area contributed by atoms with Crippen molar-refractivity contribution in [1.82, 2.24) is 9.21 Å². The van der Waals surface area contributed by atoms with Crippen LogP contribution in [0.4, 0.5) is 10.5 Å². The SMILES string of the molecule is Cc1ccc(SN(C)CC(=O)N(Cc2ccc(C3CCN(C(=O)OC(C)(C)C)CC3)cc2)c2ccc(C(=O)OCc3ccccc3)c(OCc3ccccc3)c2)cc1. The van der Waals surface area contributed by atoms with Gasteiger partial charge in [0.1, 0.15) is 30.1 Å². The summed E-state index contributed by atoms with van der Waals surface area (Å²) in [7, 11) is 1.91. The summed E-state index contributed by atoms with van der Waals surface area (Å²) in [6.07, 6.45) is 1.43. The number of amides is 2. The van der Waals surface area contributed by atoms with E-state index in [-0.39, 0.29) is 37.3 Å². The van der Waals surface area contributed by atoms with Gasteiger partial charge in [0.2, 0.25) is 5.91 Å². The van der Waals surface area contributed by atoms with E-state index < -0.39 is 11.6 Å². The van der Waals surface area contributed by atoms with Crippen molar-refractivity contribution in [3.8, 4) is 5.75 Å². The van der Waals surface area contributed by atoms with Gasteiger partial charge in [0, 0.05) is 29.7 Å². The number of carbonyl (C=O) groups excluding carboxylic acids is 3. The summed E-state index contributed by atoms with van der Waals surface area (Å²) in [4.78, 5) is 45.1. The molecule has 0 bridgehead atoms. The number of aryl methyl sites for hydroxylation is 1. The first-order valence-electron chi connectivity index (χ1n) is 19.7. The zero-order valence-electron chi connectivity index (χ0n) is 34.1. The largest absolute Gasteiger partial charge is 0.488 e. The number of likely N-dealkylation sites (tertiary alicyclic amines) is 1. The second kappa shape index (κ2) is 19.7. The molecule has 10 heteroatoms. The fraction of sp³-hybridized carbons (Fsp3) is 0.312. The molecule has 0 unspecified atom stereocenters. The third-order valence-electron chi connectivity index (χ3n) is 9.83. The van der Waals surface area contributed by atoms with Gasteiger partial charge in [-0.3, -0.25) is 4.79 Å². The lowest BCUT2D eigenvalue weighted by molar-refractivity contribution is -0.118. The highest BCUT2D eigenvalue weighted by Crippen LogP contribution is 2.32. The average Bonchev–Trinajstić information content (AvgIpc) is 3.22. The Morgan fingerprint density at radius 3 is 2.00 bits per heavy atom. The molecule has 0 saturated carbocycles. The van der Waals surface area contributed by atoms with E-state index in [1.807, 2.05) is 112 Å². The van der Waals surface area contributed by atoms with E-state index in [2.05, 4.69) is 36.4 Å². The van der Waals surface area contributed by atoms with Gasteiger partial charge in [-0.2, -0.15) is 0 Å². The molecule has 5 aromatic rings. The highest BCUT2D eigenvalue weighted by Gasteiger charge is 2.28. The van der Waals surface area contributed by atoms with Crippen LogP contribution < -0.4 is 9.64 Å². The van der Waals surface area contributed by atoms with Crippen LogP contribution in [0.15, 0.2) is 132 Å². The molecule has 1 saturated heterocycles. The van der Waals surface area contributed by atoms with Crippen LogP contribution in [-0.4, -0.2) is 59.5 Å². The number of hydrogen-bond acceptors (Lipinski definition) is 8. The summed E-state index contributed by atoms with van der Waals surface area (Å²) in [6, 6.07) is 41.1. The van der Waals surface area contributed by atoms with Gasteiger partial charge < -0.3 is 24.0 Å². The van der Waals surface area contributed by atoms with E-state index in [0.29, 0.717) is 37.0 Å². The molecular weight excluding hydrogens is 747 g/mol. The quantitative estimate of drug-likeness (QED) is 0.0811. The zero-order valence-corrected chi connectivity index (χ0v) is 34.9. The molecule has 0 atom stereocenters. The van der Waals surface area contributed by atoms with E-state index in [4.69, 9.17) is 14.2 Å². The van der Waals surface area contributed by atoms with E-state index in [1.54, 1.807) is 28.0 Å². The molecule has 1 aliphatic heterocycles. The molecule has 302 valence electrons. The number of carbonyl (C=O) groups is 3. The monoisotopic (exact) mass is 799 g/mol. The number of benzene rings is 5. The Morgan fingerprint density at radius 2 is 1.38 bits per heavy atom. The zero-order chi connectivity index (χ0) is 41.1. The molecule has 58 heavy (non-hydrogen) atoms. The third-order valence-corrected chi connectivity index (χ3v) is 10.8. The number of anilines is 1. The predicted octanol–water partition coefficient (Wildman–Crippen LogP) is 10.2. The van der Waals surface area contributed by atoms with Gasteiger partial charge >= 0.3 is 12.1 Å². The van der Waals surface area contributed by atoms with Crippen molar-refractivity contribution in [3.05, 3.63) is 161 Å². The van der Waals surface area contributed by atoms with Crippen molar-refractivity contribution < 1.29 is 28.6 Å². The molecule has 1 fully saturated rings. The second-order valence-corrected chi connectivity index (χ2v) is 16.9. The maximum atomic E-state index is 14.4. The first kappa shape index (κ1) is 42.0. The molecule has 5 aromatic carbocycles. The molecule has 6 rings (SSSR count). The number of nitrogens with zero attached hydrogens (tertiary/aromatic N) is 3. The molecule has 0 spiro atoms. The molecule has 2 amide bonds. The van der Waals surface area contributed by atoms with E-state index >= 15 is 0 Å². The van der Waals surface area contributed by atoms with Crippen molar-refractivity contribution in [2.24, 2.45) is 0 Å². The first-order valence-corrected chi connectivity index (χ1v) is 20.5. The Morgan fingerprint density at radius 1 is 0.759 bits per heavy atom.